The van der Waals surface area contributed by atoms with E-state index in [1.807, 2.05) is 0 Å². The molecular weight excluding hydrogens is 180 g/mol. The first kappa shape index (κ1) is 9.97. The Labute approximate surface area is 91.6 Å². The Morgan fingerprint density at radius 2 is 1.73 bits per heavy atom. The molecule has 15 heavy (non-hydrogen) atoms. The molecule has 0 aromatic heterocycles. The van der Waals surface area contributed by atoms with Gasteiger partial charge in [0.15, 0.2) is 0 Å². The van der Waals surface area contributed by atoms with Crippen molar-refractivity contribution in [2.45, 2.75) is 20.3 Å². The van der Waals surface area contributed by atoms with Crippen LogP contribution in [-0.2, 0) is 6.42 Å². The average molecular weight is 195 g/mol. The van der Waals surface area contributed by atoms with Crippen LogP contribution in [0.3, 0.4) is 0 Å². The topological polar surface area (TPSA) is 0 Å². The highest BCUT2D eigenvalue weighted by Crippen LogP contribution is 2.20. The van der Waals surface area contributed by atoms with E-state index in [1.54, 1.807) is 0 Å². The molecule has 0 bridgehead atoms. The fraction of sp³-hybridized carbons (Fsp3) is 0.200. The van der Waals surface area contributed by atoms with Gasteiger partial charge in [-0.3, -0.25) is 0 Å². The molecule has 0 aliphatic rings. The summed E-state index contributed by atoms with van der Waals surface area (Å²) in [6.07, 6.45) is 1.10. The van der Waals surface area contributed by atoms with E-state index in [0.29, 0.717) is 0 Å². The van der Waals surface area contributed by atoms with Crippen LogP contribution >= 0.6 is 0 Å². The summed E-state index contributed by atoms with van der Waals surface area (Å²) in [5.74, 6) is 0. The monoisotopic (exact) mass is 195 g/mol. The number of aryl methyl sites for hydroxylation is 2. The van der Waals surface area contributed by atoms with Gasteiger partial charge < -0.3 is 0 Å². The first-order valence-electron chi connectivity index (χ1n) is 5.38. The lowest BCUT2D eigenvalue weighted by Gasteiger charge is -2.03. The van der Waals surface area contributed by atoms with E-state index in [0.717, 1.165) is 6.42 Å². The highest BCUT2D eigenvalue weighted by molar-refractivity contribution is 5.63. The Kier molecular flexibility index (Phi) is 2.86. The van der Waals surface area contributed by atoms with Gasteiger partial charge in [0, 0.05) is 0 Å². The number of hydrogen-bond acceptors (Lipinski definition) is 0. The number of rotatable bonds is 2. The largest absolute Gasteiger partial charge is 0.0613 e. The summed E-state index contributed by atoms with van der Waals surface area (Å²) in [6, 6.07) is 18.3. The summed E-state index contributed by atoms with van der Waals surface area (Å²) in [7, 11) is 0. The average Bonchev–Trinajstić information content (AvgIpc) is 2.29. The van der Waals surface area contributed by atoms with Crippen LogP contribution in [0.4, 0.5) is 0 Å². The maximum atomic E-state index is 3.36. The zero-order valence-corrected chi connectivity index (χ0v) is 9.25. The SMILES string of the molecule is CCc1ccc(-c2[c]c(C)ccc2)cc1. The smallest absolute Gasteiger partial charge is 0.00672 e. The van der Waals surface area contributed by atoms with E-state index in [1.165, 1.54) is 22.3 Å². The van der Waals surface area contributed by atoms with Crippen LogP contribution in [0.25, 0.3) is 11.1 Å². The van der Waals surface area contributed by atoms with Crippen LogP contribution in [-0.4, -0.2) is 0 Å². The van der Waals surface area contributed by atoms with Crippen molar-refractivity contribution in [2.75, 3.05) is 0 Å². The van der Waals surface area contributed by atoms with Crippen LogP contribution in [0.15, 0.2) is 42.5 Å². The molecule has 0 saturated heterocycles. The highest BCUT2D eigenvalue weighted by atomic mass is 14.0. The minimum Gasteiger partial charge on any atom is -0.0613 e. The zero-order chi connectivity index (χ0) is 10.7. The molecule has 0 nitrogen and oxygen atoms in total. The van der Waals surface area contributed by atoms with Gasteiger partial charge in [-0.15, -0.1) is 0 Å². The molecule has 0 N–H and O–H groups in total. The minimum absolute atomic E-state index is 1.10. The van der Waals surface area contributed by atoms with Crippen molar-refractivity contribution in [1.82, 2.24) is 0 Å². The molecule has 0 heterocycles. The minimum atomic E-state index is 1.10. The quantitative estimate of drug-likeness (QED) is 0.678. The molecule has 0 heteroatoms. The van der Waals surface area contributed by atoms with E-state index in [9.17, 15) is 0 Å². The van der Waals surface area contributed by atoms with Crippen molar-refractivity contribution >= 4 is 0 Å². The zero-order valence-electron chi connectivity index (χ0n) is 9.25. The van der Waals surface area contributed by atoms with Crippen molar-refractivity contribution in [3.8, 4) is 11.1 Å². The van der Waals surface area contributed by atoms with Crippen molar-refractivity contribution < 1.29 is 0 Å². The van der Waals surface area contributed by atoms with E-state index in [-0.39, 0.29) is 0 Å². The van der Waals surface area contributed by atoms with Gasteiger partial charge in [0.25, 0.3) is 0 Å². The first-order valence-corrected chi connectivity index (χ1v) is 5.38. The predicted octanol–water partition coefficient (Wildman–Crippen LogP) is 4.02. The third kappa shape index (κ3) is 2.27. The fourth-order valence-electron chi connectivity index (χ4n) is 1.67. The van der Waals surface area contributed by atoms with Crippen molar-refractivity contribution in [3.63, 3.8) is 0 Å². The second kappa shape index (κ2) is 4.31. The van der Waals surface area contributed by atoms with Gasteiger partial charge in [0.05, 0.1) is 0 Å². The second-order valence-corrected chi connectivity index (χ2v) is 3.80. The first-order chi connectivity index (χ1) is 7.29. The van der Waals surface area contributed by atoms with Gasteiger partial charge in [-0.1, -0.05) is 49.4 Å². The van der Waals surface area contributed by atoms with E-state index < -0.39 is 0 Å². The molecule has 0 spiro atoms. The molecule has 2 rings (SSSR count). The summed E-state index contributed by atoms with van der Waals surface area (Å²) in [5.41, 5.74) is 4.99. The van der Waals surface area contributed by atoms with Crippen molar-refractivity contribution in [1.29, 1.82) is 0 Å². The Balaban J connectivity index is 2.37. The molecule has 0 unspecified atom stereocenters. The molecule has 0 saturated carbocycles. The predicted molar refractivity (Wildman–Crippen MR) is 64.8 cm³/mol. The molecule has 1 radical (unpaired) electrons. The normalized spacial score (nSPS) is 10.3. The lowest BCUT2D eigenvalue weighted by atomic mass is 10.0. The highest BCUT2D eigenvalue weighted by Gasteiger charge is 1.97. The number of benzene rings is 2. The van der Waals surface area contributed by atoms with Crippen LogP contribution < -0.4 is 0 Å². The molecule has 0 aliphatic heterocycles. The summed E-state index contributed by atoms with van der Waals surface area (Å²) in [5, 5.41) is 0. The molecule has 0 atom stereocenters. The lowest BCUT2D eigenvalue weighted by Crippen LogP contribution is -1.82. The maximum absolute atomic E-state index is 3.36. The fourth-order valence-corrected chi connectivity index (χ4v) is 1.67. The van der Waals surface area contributed by atoms with Crippen molar-refractivity contribution in [2.24, 2.45) is 0 Å². The van der Waals surface area contributed by atoms with Gasteiger partial charge in [-0.2, -0.15) is 0 Å². The van der Waals surface area contributed by atoms with Crippen LogP contribution in [0.5, 0.6) is 0 Å². The van der Waals surface area contributed by atoms with Gasteiger partial charge in [-0.25, -0.2) is 0 Å². The Hall–Kier alpha value is -1.56. The Morgan fingerprint density at radius 3 is 2.33 bits per heavy atom. The molecule has 2 aromatic rings. The Bertz CT molecular complexity index is 438. The molecule has 75 valence electrons. The molecular formula is C15H15. The summed E-state index contributed by atoms with van der Waals surface area (Å²) < 4.78 is 0. The van der Waals surface area contributed by atoms with Gasteiger partial charge in [0.2, 0.25) is 0 Å². The Morgan fingerprint density at radius 1 is 1.00 bits per heavy atom. The third-order valence-corrected chi connectivity index (χ3v) is 2.61. The maximum Gasteiger partial charge on any atom is -0.00672 e. The van der Waals surface area contributed by atoms with Crippen molar-refractivity contribution in [3.05, 3.63) is 59.7 Å². The molecule has 0 fully saturated rings. The van der Waals surface area contributed by atoms with Gasteiger partial charge >= 0.3 is 0 Å². The van der Waals surface area contributed by atoms with E-state index >= 15 is 0 Å². The van der Waals surface area contributed by atoms with Crippen LogP contribution in [0.1, 0.15) is 18.1 Å². The number of hydrogen-bond donors (Lipinski definition) is 0. The van der Waals surface area contributed by atoms with Gasteiger partial charge in [0.1, 0.15) is 0 Å². The summed E-state index contributed by atoms with van der Waals surface area (Å²) >= 11 is 0. The van der Waals surface area contributed by atoms with Crippen LogP contribution in [0, 0.1) is 13.0 Å². The summed E-state index contributed by atoms with van der Waals surface area (Å²) in [4.78, 5) is 0. The van der Waals surface area contributed by atoms with Gasteiger partial charge in [-0.05, 0) is 41.7 Å². The second-order valence-electron chi connectivity index (χ2n) is 3.80. The van der Waals surface area contributed by atoms with Crippen LogP contribution in [0.2, 0.25) is 0 Å². The lowest BCUT2D eigenvalue weighted by molar-refractivity contribution is 1.14. The summed E-state index contributed by atoms with van der Waals surface area (Å²) in [6.45, 7) is 4.25. The third-order valence-electron chi connectivity index (χ3n) is 2.61. The standard InChI is InChI=1S/C15H15/c1-3-13-7-9-14(10-8-13)15-6-4-5-12(2)11-15/h4-10H,3H2,1-2H3. The molecule has 0 amide bonds. The molecule has 2 aromatic carbocycles. The van der Waals surface area contributed by atoms with E-state index in [2.05, 4.69) is 62.4 Å². The molecule has 0 aliphatic carbocycles. The van der Waals surface area contributed by atoms with E-state index in [4.69, 9.17) is 0 Å².